The molecule has 0 aliphatic heterocycles. The van der Waals surface area contributed by atoms with Crippen LogP contribution in [0.5, 0.6) is 11.5 Å². The Kier molecular flexibility index (Phi) is 6.71. The number of rotatable bonds is 5. The molecule has 0 amide bonds. The number of fused-ring (bicyclic) bond motifs is 8. The van der Waals surface area contributed by atoms with Crippen LogP contribution in [0.15, 0.2) is 146 Å². The summed E-state index contributed by atoms with van der Waals surface area (Å²) in [4.78, 5) is 0. The van der Waals surface area contributed by atoms with E-state index in [2.05, 4.69) is 169 Å². The predicted molar refractivity (Wildman–Crippen MR) is 219 cm³/mol. The quantitative estimate of drug-likeness (QED) is 0.182. The van der Waals surface area contributed by atoms with E-state index < -0.39 is 0 Å². The van der Waals surface area contributed by atoms with Gasteiger partial charge in [0, 0.05) is 68.8 Å². The lowest BCUT2D eigenvalue weighted by atomic mass is 9.89. The second kappa shape index (κ2) is 11.5. The molecule has 0 spiro atoms. The first-order valence-corrected chi connectivity index (χ1v) is 17.7. The molecule has 0 aliphatic rings. The molecule has 250 valence electrons. The standard InChI is InChI=1S/C48H36N2O2/c1-49-41-11-7-5-9-37(41)39-27-31(15-21-43(39)49)29-13-19-35-33(25-29)17-23-45(51-3)47(35)48-36-20-14-30(26-34(36)18-24-46(48)52-4)32-16-22-44-40(28-32)38-10-6-8-12-42(38)50(44)2/h5-28H,1-4H3. The first-order valence-electron chi connectivity index (χ1n) is 17.7. The molecule has 10 aromatic rings. The summed E-state index contributed by atoms with van der Waals surface area (Å²) < 4.78 is 16.7. The van der Waals surface area contributed by atoms with E-state index >= 15 is 0 Å². The monoisotopic (exact) mass is 672 g/mol. The van der Waals surface area contributed by atoms with Gasteiger partial charge in [-0.05, 0) is 104 Å². The van der Waals surface area contributed by atoms with Crippen LogP contribution in [0.4, 0.5) is 0 Å². The highest BCUT2D eigenvalue weighted by Crippen LogP contribution is 2.47. The predicted octanol–water partition coefficient (Wildman–Crippen LogP) is 12.3. The number of nitrogens with zero attached hydrogens (tertiary/aromatic N) is 2. The molecular weight excluding hydrogens is 637 g/mol. The Balaban J connectivity index is 1.12. The van der Waals surface area contributed by atoms with Gasteiger partial charge in [0.2, 0.25) is 0 Å². The van der Waals surface area contributed by atoms with Crippen LogP contribution in [0.25, 0.3) is 98.5 Å². The van der Waals surface area contributed by atoms with Gasteiger partial charge in [-0.3, -0.25) is 0 Å². The number of hydrogen-bond acceptors (Lipinski definition) is 2. The summed E-state index contributed by atoms with van der Waals surface area (Å²) >= 11 is 0. The summed E-state index contributed by atoms with van der Waals surface area (Å²) in [5.41, 5.74) is 11.8. The Morgan fingerprint density at radius 3 is 1.17 bits per heavy atom. The fourth-order valence-corrected chi connectivity index (χ4v) is 8.53. The molecule has 0 fully saturated rings. The molecule has 0 unspecified atom stereocenters. The Labute approximate surface area is 301 Å². The van der Waals surface area contributed by atoms with Gasteiger partial charge in [-0.1, -0.05) is 84.9 Å². The third kappa shape index (κ3) is 4.40. The van der Waals surface area contributed by atoms with E-state index in [4.69, 9.17) is 9.47 Å². The van der Waals surface area contributed by atoms with Crippen molar-refractivity contribution in [1.82, 2.24) is 9.13 Å². The minimum absolute atomic E-state index is 0.814. The SMILES string of the molecule is COc1ccc2cc(-c3ccc4c(c3)c3ccccc3n4C)ccc2c1-c1c(OC)ccc2cc(-c3ccc4c(c3)c3ccccc3n4C)ccc12. The fourth-order valence-electron chi connectivity index (χ4n) is 8.53. The van der Waals surface area contributed by atoms with Crippen molar-refractivity contribution in [3.05, 3.63) is 146 Å². The van der Waals surface area contributed by atoms with E-state index in [9.17, 15) is 0 Å². The van der Waals surface area contributed by atoms with Gasteiger partial charge in [0.05, 0.1) is 14.2 Å². The number of benzene rings is 8. The second-order valence-electron chi connectivity index (χ2n) is 13.8. The first-order chi connectivity index (χ1) is 25.5. The van der Waals surface area contributed by atoms with Crippen LogP contribution < -0.4 is 9.47 Å². The van der Waals surface area contributed by atoms with Crippen molar-refractivity contribution in [3.63, 3.8) is 0 Å². The van der Waals surface area contributed by atoms with Crippen molar-refractivity contribution in [1.29, 1.82) is 0 Å². The molecule has 8 aromatic carbocycles. The Morgan fingerprint density at radius 2 is 0.731 bits per heavy atom. The highest BCUT2D eigenvalue weighted by atomic mass is 16.5. The topological polar surface area (TPSA) is 28.3 Å². The van der Waals surface area contributed by atoms with Gasteiger partial charge < -0.3 is 18.6 Å². The first kappa shape index (κ1) is 30.3. The average Bonchev–Trinajstić information content (AvgIpc) is 3.65. The van der Waals surface area contributed by atoms with E-state index in [1.54, 1.807) is 14.2 Å². The summed E-state index contributed by atoms with van der Waals surface area (Å²) in [5.74, 6) is 1.63. The van der Waals surface area contributed by atoms with Crippen LogP contribution in [-0.4, -0.2) is 23.4 Å². The normalized spacial score (nSPS) is 11.8. The maximum atomic E-state index is 6.07. The van der Waals surface area contributed by atoms with Crippen molar-refractivity contribution in [3.8, 4) is 44.9 Å². The zero-order valence-corrected chi connectivity index (χ0v) is 29.6. The van der Waals surface area contributed by atoms with Gasteiger partial charge >= 0.3 is 0 Å². The van der Waals surface area contributed by atoms with Crippen molar-refractivity contribution < 1.29 is 9.47 Å². The number of para-hydroxylation sites is 2. The molecular formula is C48H36N2O2. The third-order valence-corrected chi connectivity index (χ3v) is 11.1. The molecule has 0 N–H and O–H groups in total. The largest absolute Gasteiger partial charge is 0.496 e. The van der Waals surface area contributed by atoms with Crippen molar-refractivity contribution in [2.75, 3.05) is 14.2 Å². The Bertz CT molecular complexity index is 2860. The minimum Gasteiger partial charge on any atom is -0.496 e. The average molecular weight is 673 g/mol. The summed E-state index contributed by atoms with van der Waals surface area (Å²) in [5, 5.41) is 9.60. The molecule has 52 heavy (non-hydrogen) atoms. The Hall–Kier alpha value is -6.52. The molecule has 0 radical (unpaired) electrons. The van der Waals surface area contributed by atoms with E-state index in [0.29, 0.717) is 0 Å². The lowest BCUT2D eigenvalue weighted by molar-refractivity contribution is 0.411. The number of hydrogen-bond donors (Lipinski definition) is 0. The zero-order chi connectivity index (χ0) is 35.1. The molecule has 4 nitrogen and oxygen atoms in total. The van der Waals surface area contributed by atoms with E-state index in [1.165, 1.54) is 65.9 Å². The molecule has 0 saturated heterocycles. The van der Waals surface area contributed by atoms with Gasteiger partial charge in [-0.25, -0.2) is 0 Å². The summed E-state index contributed by atoms with van der Waals surface area (Å²) in [6, 6.07) is 52.9. The van der Waals surface area contributed by atoms with Gasteiger partial charge in [0.15, 0.2) is 0 Å². The molecule has 10 rings (SSSR count). The van der Waals surface area contributed by atoms with E-state index in [0.717, 1.165) is 44.2 Å². The van der Waals surface area contributed by atoms with E-state index in [1.807, 2.05) is 0 Å². The third-order valence-electron chi connectivity index (χ3n) is 11.1. The van der Waals surface area contributed by atoms with Crippen LogP contribution in [0, 0.1) is 0 Å². The van der Waals surface area contributed by atoms with E-state index in [-0.39, 0.29) is 0 Å². The molecule has 2 aromatic heterocycles. The van der Waals surface area contributed by atoms with Gasteiger partial charge in [0.25, 0.3) is 0 Å². The van der Waals surface area contributed by atoms with Gasteiger partial charge in [-0.2, -0.15) is 0 Å². The smallest absolute Gasteiger partial charge is 0.127 e. The molecule has 0 atom stereocenters. The van der Waals surface area contributed by atoms with Crippen LogP contribution in [0.2, 0.25) is 0 Å². The van der Waals surface area contributed by atoms with Crippen LogP contribution >= 0.6 is 0 Å². The molecule has 4 heteroatoms. The number of ether oxygens (including phenoxy) is 2. The van der Waals surface area contributed by atoms with Crippen molar-refractivity contribution >= 4 is 65.2 Å². The van der Waals surface area contributed by atoms with Crippen molar-refractivity contribution in [2.45, 2.75) is 0 Å². The molecule has 0 saturated carbocycles. The number of methoxy groups -OCH3 is 2. The van der Waals surface area contributed by atoms with Crippen molar-refractivity contribution in [2.24, 2.45) is 14.1 Å². The van der Waals surface area contributed by atoms with Gasteiger partial charge in [0.1, 0.15) is 11.5 Å². The molecule has 0 aliphatic carbocycles. The zero-order valence-electron chi connectivity index (χ0n) is 29.6. The highest BCUT2D eigenvalue weighted by Gasteiger charge is 2.20. The summed E-state index contributed by atoms with van der Waals surface area (Å²) in [7, 11) is 7.78. The maximum absolute atomic E-state index is 6.07. The Morgan fingerprint density at radius 1 is 0.346 bits per heavy atom. The lowest BCUT2D eigenvalue weighted by Crippen LogP contribution is -1.95. The lowest BCUT2D eigenvalue weighted by Gasteiger charge is -2.18. The summed E-state index contributed by atoms with van der Waals surface area (Å²) in [6.45, 7) is 0. The second-order valence-corrected chi connectivity index (χ2v) is 13.8. The van der Waals surface area contributed by atoms with Crippen LogP contribution in [0.1, 0.15) is 0 Å². The minimum atomic E-state index is 0.814. The highest BCUT2D eigenvalue weighted by molar-refractivity contribution is 6.13. The van der Waals surface area contributed by atoms with Gasteiger partial charge in [-0.15, -0.1) is 0 Å². The molecule has 2 heterocycles. The molecule has 0 bridgehead atoms. The summed E-state index contributed by atoms with van der Waals surface area (Å²) in [6.07, 6.45) is 0. The fraction of sp³-hybridized carbons (Fsp3) is 0.0833. The number of aromatic nitrogens is 2. The van der Waals surface area contributed by atoms with Crippen LogP contribution in [0.3, 0.4) is 0 Å². The maximum Gasteiger partial charge on any atom is 0.127 e. The van der Waals surface area contributed by atoms with Crippen LogP contribution in [-0.2, 0) is 14.1 Å². The number of aryl methyl sites for hydroxylation is 2.